The lowest BCUT2D eigenvalue weighted by molar-refractivity contribution is -0.660. The van der Waals surface area contributed by atoms with Crippen molar-refractivity contribution in [1.82, 2.24) is 4.98 Å². The Bertz CT molecular complexity index is 1260. The van der Waals surface area contributed by atoms with Crippen molar-refractivity contribution in [2.45, 2.75) is 41.0 Å². The van der Waals surface area contributed by atoms with E-state index < -0.39 is 6.85 Å². The van der Waals surface area contributed by atoms with Gasteiger partial charge < -0.3 is 4.42 Å². The van der Waals surface area contributed by atoms with Crippen LogP contribution in [0.25, 0.3) is 33.3 Å². The van der Waals surface area contributed by atoms with E-state index in [2.05, 4.69) is 55.6 Å². The summed E-state index contributed by atoms with van der Waals surface area (Å²) in [5.41, 5.74) is 5.91. The van der Waals surface area contributed by atoms with E-state index in [0.717, 1.165) is 34.0 Å². The molecule has 3 heteroatoms. The minimum atomic E-state index is -2.26. The normalized spacial score (nSPS) is 14.3. The number of benzene rings is 1. The predicted molar refractivity (Wildman–Crippen MR) is 111 cm³/mol. The summed E-state index contributed by atoms with van der Waals surface area (Å²) in [6, 6.07) is 11.8. The van der Waals surface area contributed by atoms with Crippen LogP contribution in [0, 0.1) is 19.2 Å². The predicted octanol–water partition coefficient (Wildman–Crippen LogP) is 5.68. The lowest BCUT2D eigenvalue weighted by Gasteiger charge is -2.18. The molecular formula is C24H27N2O+. The van der Waals surface area contributed by atoms with E-state index in [0.29, 0.717) is 11.3 Å². The first-order chi connectivity index (χ1) is 13.9. The summed E-state index contributed by atoms with van der Waals surface area (Å²) in [4.78, 5) is 4.30. The van der Waals surface area contributed by atoms with Crippen LogP contribution in [0.15, 0.2) is 47.0 Å². The Morgan fingerprint density at radius 1 is 1.15 bits per heavy atom. The van der Waals surface area contributed by atoms with Gasteiger partial charge in [0.05, 0.1) is 5.56 Å². The number of aromatic nitrogens is 2. The number of rotatable bonds is 2. The molecular weight excluding hydrogens is 332 g/mol. The fourth-order valence-corrected chi connectivity index (χ4v) is 3.77. The van der Waals surface area contributed by atoms with Crippen molar-refractivity contribution in [2.75, 3.05) is 0 Å². The van der Waals surface area contributed by atoms with Crippen LogP contribution in [0.4, 0.5) is 0 Å². The molecule has 4 aromatic rings. The van der Waals surface area contributed by atoms with Crippen molar-refractivity contribution < 1.29 is 13.1 Å². The topological polar surface area (TPSA) is 29.9 Å². The summed E-state index contributed by atoms with van der Waals surface area (Å²) < 4.78 is 31.0. The number of furan rings is 1. The van der Waals surface area contributed by atoms with E-state index in [-0.39, 0.29) is 11.1 Å². The fourth-order valence-electron chi connectivity index (χ4n) is 3.77. The van der Waals surface area contributed by atoms with Gasteiger partial charge in [0.15, 0.2) is 6.20 Å². The highest BCUT2D eigenvalue weighted by molar-refractivity contribution is 6.11. The van der Waals surface area contributed by atoms with Gasteiger partial charge in [-0.05, 0) is 54.9 Å². The average Bonchev–Trinajstić information content (AvgIpc) is 2.99. The van der Waals surface area contributed by atoms with Gasteiger partial charge in [-0.25, -0.2) is 9.55 Å². The van der Waals surface area contributed by atoms with Crippen LogP contribution in [0.2, 0.25) is 0 Å². The first-order valence-corrected chi connectivity index (χ1v) is 9.26. The minimum Gasteiger partial charge on any atom is -0.438 e. The van der Waals surface area contributed by atoms with Gasteiger partial charge in [-0.1, -0.05) is 26.8 Å². The highest BCUT2D eigenvalue weighted by atomic mass is 16.3. The third-order valence-corrected chi connectivity index (χ3v) is 4.92. The Hall–Kier alpha value is -2.68. The molecule has 0 amide bonds. The molecule has 1 aromatic carbocycles. The molecule has 138 valence electrons. The van der Waals surface area contributed by atoms with Crippen molar-refractivity contribution in [2.24, 2.45) is 12.5 Å². The molecule has 4 rings (SSSR count). The maximum atomic E-state index is 7.64. The number of nitrogens with zero attached hydrogens (tertiary/aromatic N) is 2. The van der Waals surface area contributed by atoms with E-state index in [1.54, 1.807) is 6.07 Å². The molecule has 0 spiro atoms. The summed E-state index contributed by atoms with van der Waals surface area (Å²) in [5, 5.41) is 1.80. The lowest BCUT2D eigenvalue weighted by Crippen LogP contribution is -2.31. The molecule has 0 radical (unpaired) electrons. The zero-order chi connectivity index (χ0) is 21.8. The molecule has 3 heterocycles. The second-order valence-electron chi connectivity index (χ2n) is 8.55. The zero-order valence-electron chi connectivity index (χ0n) is 19.6. The van der Waals surface area contributed by atoms with E-state index >= 15 is 0 Å². The Morgan fingerprint density at radius 3 is 2.70 bits per heavy atom. The average molecular weight is 363 g/mol. The molecule has 0 saturated carbocycles. The molecule has 0 bridgehead atoms. The van der Waals surface area contributed by atoms with Gasteiger partial charge in [0, 0.05) is 32.7 Å². The Labute approximate surface area is 164 Å². The summed E-state index contributed by atoms with van der Waals surface area (Å²) in [6.07, 6.45) is 3.08. The van der Waals surface area contributed by atoms with Crippen molar-refractivity contribution in [1.29, 1.82) is 0 Å². The van der Waals surface area contributed by atoms with Crippen molar-refractivity contribution in [3.63, 3.8) is 0 Å². The third-order valence-electron chi connectivity index (χ3n) is 4.92. The smallest absolute Gasteiger partial charge is 0.227 e. The fraction of sp³-hybridized carbons (Fsp3) is 0.333. The number of hydrogen-bond acceptors (Lipinski definition) is 2. The number of aryl methyl sites for hydroxylation is 3. The van der Waals surface area contributed by atoms with Crippen LogP contribution >= 0.6 is 0 Å². The van der Waals surface area contributed by atoms with E-state index in [1.165, 1.54) is 5.56 Å². The highest BCUT2D eigenvalue weighted by Crippen LogP contribution is 2.37. The Kier molecular flexibility index (Phi) is 3.30. The summed E-state index contributed by atoms with van der Waals surface area (Å²) in [5.74, 6) is 0. The maximum Gasteiger partial charge on any atom is 0.227 e. The van der Waals surface area contributed by atoms with Crippen molar-refractivity contribution in [3.8, 4) is 11.3 Å². The quantitative estimate of drug-likeness (QED) is 0.430. The monoisotopic (exact) mass is 362 g/mol. The second kappa shape index (κ2) is 6.19. The zero-order valence-corrected chi connectivity index (χ0v) is 16.6. The minimum absolute atomic E-state index is 0.0464. The largest absolute Gasteiger partial charge is 0.438 e. The van der Waals surface area contributed by atoms with Crippen LogP contribution in [-0.4, -0.2) is 4.98 Å². The SMILES string of the molecule is [2H]C([2H])([2H])c1ccc2c(n1)oc1ccc(C)c(-c3cc(CC(C)(C)C)cc[n+]3C)c12. The van der Waals surface area contributed by atoms with Gasteiger partial charge in [0.2, 0.25) is 11.4 Å². The molecule has 0 fully saturated rings. The first-order valence-electron chi connectivity index (χ1n) is 10.8. The number of hydrogen-bond donors (Lipinski definition) is 0. The molecule has 3 aromatic heterocycles. The molecule has 0 saturated heterocycles. The van der Waals surface area contributed by atoms with Gasteiger partial charge in [0.1, 0.15) is 12.6 Å². The van der Waals surface area contributed by atoms with E-state index in [9.17, 15) is 0 Å². The Morgan fingerprint density at radius 2 is 1.96 bits per heavy atom. The highest BCUT2D eigenvalue weighted by Gasteiger charge is 2.22. The van der Waals surface area contributed by atoms with Crippen LogP contribution < -0.4 is 4.57 Å². The van der Waals surface area contributed by atoms with Crippen LogP contribution in [-0.2, 0) is 13.5 Å². The maximum absolute atomic E-state index is 7.64. The van der Waals surface area contributed by atoms with Crippen LogP contribution in [0.5, 0.6) is 0 Å². The summed E-state index contributed by atoms with van der Waals surface area (Å²) >= 11 is 0. The number of fused-ring (bicyclic) bond motifs is 3. The molecule has 27 heavy (non-hydrogen) atoms. The standard InChI is InChI=1S/C24H27N2O/c1-15-7-10-20-22(18-9-8-16(2)25-23(18)27-20)21(15)19-13-17(11-12-26(19)6)14-24(3,4)5/h7-13H,14H2,1-6H3/q+1/i2D3. The van der Waals surface area contributed by atoms with E-state index in [1.807, 2.05) is 25.2 Å². The molecule has 0 aliphatic rings. The molecule has 0 atom stereocenters. The summed E-state index contributed by atoms with van der Waals surface area (Å²) in [6.45, 7) is 6.55. The molecule has 0 unspecified atom stereocenters. The van der Waals surface area contributed by atoms with Crippen LogP contribution in [0.3, 0.4) is 0 Å². The lowest BCUT2D eigenvalue weighted by atomic mass is 9.87. The van der Waals surface area contributed by atoms with Gasteiger partial charge in [0.25, 0.3) is 0 Å². The number of pyridine rings is 2. The summed E-state index contributed by atoms with van der Waals surface area (Å²) in [7, 11) is 2.04. The van der Waals surface area contributed by atoms with E-state index in [4.69, 9.17) is 8.53 Å². The third kappa shape index (κ3) is 3.23. The van der Waals surface area contributed by atoms with Gasteiger partial charge in [-0.2, -0.15) is 0 Å². The van der Waals surface area contributed by atoms with Gasteiger partial charge in [-0.15, -0.1) is 0 Å². The molecule has 0 aliphatic heterocycles. The molecule has 0 aliphatic carbocycles. The first kappa shape index (κ1) is 14.4. The molecule has 3 nitrogen and oxygen atoms in total. The van der Waals surface area contributed by atoms with Gasteiger partial charge >= 0.3 is 0 Å². The Balaban J connectivity index is 1.99. The van der Waals surface area contributed by atoms with Crippen molar-refractivity contribution >= 4 is 22.1 Å². The van der Waals surface area contributed by atoms with Gasteiger partial charge in [-0.3, -0.25) is 0 Å². The van der Waals surface area contributed by atoms with Crippen molar-refractivity contribution in [3.05, 3.63) is 59.4 Å². The second-order valence-corrected chi connectivity index (χ2v) is 8.55. The van der Waals surface area contributed by atoms with Crippen LogP contribution in [0.1, 0.15) is 41.7 Å². The molecule has 0 N–H and O–H groups in total.